The highest BCUT2D eigenvalue weighted by atomic mass is 19.4. The second kappa shape index (κ2) is 7.29. The van der Waals surface area contributed by atoms with Crippen LogP contribution in [0, 0.1) is 5.92 Å². The minimum absolute atomic E-state index is 0.142. The summed E-state index contributed by atoms with van der Waals surface area (Å²) in [4.78, 5) is 25.1. The Bertz CT molecular complexity index is 526. The maximum Gasteiger partial charge on any atom is 0.416 e. The molecule has 0 saturated carbocycles. The standard InChI is InChI=1S/C15H18F3NO3/c1-4-19(9-10(2)14(21)22-3)13(20)11-5-7-12(8-6-11)15(16,17)18/h5-8,10H,4,9H2,1-3H3. The van der Waals surface area contributed by atoms with Gasteiger partial charge in [0.15, 0.2) is 0 Å². The van der Waals surface area contributed by atoms with Crippen molar-refractivity contribution in [2.24, 2.45) is 5.92 Å². The van der Waals surface area contributed by atoms with Crippen LogP contribution in [-0.4, -0.2) is 37.0 Å². The first-order valence-electron chi connectivity index (χ1n) is 6.75. The molecule has 0 heterocycles. The molecule has 7 heteroatoms. The van der Waals surface area contributed by atoms with Gasteiger partial charge in [-0.15, -0.1) is 0 Å². The third-order valence-electron chi connectivity index (χ3n) is 3.23. The normalized spacial score (nSPS) is 12.6. The van der Waals surface area contributed by atoms with E-state index in [9.17, 15) is 22.8 Å². The average Bonchev–Trinajstić information content (AvgIpc) is 2.50. The lowest BCUT2D eigenvalue weighted by atomic mass is 10.1. The van der Waals surface area contributed by atoms with Gasteiger partial charge >= 0.3 is 12.1 Å². The molecule has 22 heavy (non-hydrogen) atoms. The first-order chi connectivity index (χ1) is 10.2. The molecule has 1 rings (SSSR count). The van der Waals surface area contributed by atoms with Crippen molar-refractivity contribution < 1.29 is 27.5 Å². The van der Waals surface area contributed by atoms with Gasteiger partial charge in [0.25, 0.3) is 5.91 Å². The first kappa shape index (κ1) is 18.0. The van der Waals surface area contributed by atoms with Crippen molar-refractivity contribution in [1.82, 2.24) is 4.90 Å². The van der Waals surface area contributed by atoms with Gasteiger partial charge in [-0.3, -0.25) is 9.59 Å². The van der Waals surface area contributed by atoms with Gasteiger partial charge in [-0.1, -0.05) is 6.92 Å². The van der Waals surface area contributed by atoms with Crippen LogP contribution < -0.4 is 0 Å². The molecule has 0 N–H and O–H groups in total. The highest BCUT2D eigenvalue weighted by Gasteiger charge is 2.30. The maximum atomic E-state index is 12.5. The fourth-order valence-corrected chi connectivity index (χ4v) is 1.95. The van der Waals surface area contributed by atoms with Crippen molar-refractivity contribution in [2.45, 2.75) is 20.0 Å². The molecule has 0 spiro atoms. The van der Waals surface area contributed by atoms with Crippen molar-refractivity contribution in [3.8, 4) is 0 Å². The summed E-state index contributed by atoms with van der Waals surface area (Å²) in [7, 11) is 1.26. The fourth-order valence-electron chi connectivity index (χ4n) is 1.95. The predicted molar refractivity (Wildman–Crippen MR) is 74.2 cm³/mol. The lowest BCUT2D eigenvalue weighted by molar-refractivity contribution is -0.145. The minimum atomic E-state index is -4.44. The topological polar surface area (TPSA) is 46.6 Å². The van der Waals surface area contributed by atoms with Gasteiger partial charge in [0.05, 0.1) is 18.6 Å². The maximum absolute atomic E-state index is 12.5. The van der Waals surface area contributed by atoms with Gasteiger partial charge in [0.1, 0.15) is 0 Å². The number of nitrogens with zero attached hydrogens (tertiary/aromatic N) is 1. The van der Waals surface area contributed by atoms with Crippen LogP contribution in [0.3, 0.4) is 0 Å². The highest BCUT2D eigenvalue weighted by Crippen LogP contribution is 2.29. The van der Waals surface area contributed by atoms with E-state index in [-0.39, 0.29) is 12.1 Å². The molecule has 0 aliphatic carbocycles. The molecule has 1 aromatic carbocycles. The van der Waals surface area contributed by atoms with E-state index in [1.165, 1.54) is 12.0 Å². The van der Waals surface area contributed by atoms with E-state index in [0.717, 1.165) is 24.3 Å². The molecule has 122 valence electrons. The SMILES string of the molecule is CCN(CC(C)C(=O)OC)C(=O)c1ccc(C(F)(F)F)cc1. The van der Waals surface area contributed by atoms with Gasteiger partial charge in [0, 0.05) is 18.7 Å². The number of methoxy groups -OCH3 is 1. The van der Waals surface area contributed by atoms with Gasteiger partial charge in [-0.2, -0.15) is 13.2 Å². The number of rotatable bonds is 5. The van der Waals surface area contributed by atoms with Crippen LogP contribution in [0.4, 0.5) is 13.2 Å². The van der Waals surface area contributed by atoms with E-state index in [2.05, 4.69) is 4.74 Å². The van der Waals surface area contributed by atoms with Crippen molar-refractivity contribution in [3.05, 3.63) is 35.4 Å². The van der Waals surface area contributed by atoms with Crippen LogP contribution >= 0.6 is 0 Å². The number of alkyl halides is 3. The van der Waals surface area contributed by atoms with E-state index in [1.54, 1.807) is 13.8 Å². The molecule has 1 unspecified atom stereocenters. The Labute approximate surface area is 126 Å². The summed E-state index contributed by atoms with van der Waals surface area (Å²) in [6.07, 6.45) is -4.44. The predicted octanol–water partition coefficient (Wildman–Crippen LogP) is 2.98. The molecule has 0 aliphatic rings. The smallest absolute Gasteiger partial charge is 0.416 e. The number of benzene rings is 1. The van der Waals surface area contributed by atoms with E-state index in [1.807, 2.05) is 0 Å². The third-order valence-corrected chi connectivity index (χ3v) is 3.23. The molecule has 0 bridgehead atoms. The largest absolute Gasteiger partial charge is 0.469 e. The second-order valence-corrected chi connectivity index (χ2v) is 4.84. The number of carbonyl (C=O) groups excluding carboxylic acids is 2. The Hall–Kier alpha value is -2.05. The van der Waals surface area contributed by atoms with Gasteiger partial charge < -0.3 is 9.64 Å². The highest BCUT2D eigenvalue weighted by molar-refractivity contribution is 5.94. The van der Waals surface area contributed by atoms with Crippen LogP contribution in [0.25, 0.3) is 0 Å². The summed E-state index contributed by atoms with van der Waals surface area (Å²) < 4.78 is 42.1. The number of hydrogen-bond acceptors (Lipinski definition) is 3. The number of hydrogen-bond donors (Lipinski definition) is 0. The fraction of sp³-hybridized carbons (Fsp3) is 0.467. The Kier molecular flexibility index (Phi) is 5.96. The number of carbonyl (C=O) groups is 2. The average molecular weight is 317 g/mol. The van der Waals surface area contributed by atoms with E-state index in [0.29, 0.717) is 6.54 Å². The Morgan fingerprint density at radius 2 is 1.77 bits per heavy atom. The van der Waals surface area contributed by atoms with Crippen LogP contribution in [0.2, 0.25) is 0 Å². The van der Waals surface area contributed by atoms with Crippen molar-refractivity contribution in [3.63, 3.8) is 0 Å². The Morgan fingerprint density at radius 3 is 2.18 bits per heavy atom. The lowest BCUT2D eigenvalue weighted by Gasteiger charge is -2.23. The molecule has 0 aromatic heterocycles. The Balaban J connectivity index is 2.86. The molecule has 0 radical (unpaired) electrons. The van der Waals surface area contributed by atoms with Crippen LogP contribution in [-0.2, 0) is 15.7 Å². The van der Waals surface area contributed by atoms with Gasteiger partial charge in [0.2, 0.25) is 0 Å². The monoisotopic (exact) mass is 317 g/mol. The first-order valence-corrected chi connectivity index (χ1v) is 6.75. The summed E-state index contributed by atoms with van der Waals surface area (Å²) in [6, 6.07) is 4.00. The second-order valence-electron chi connectivity index (χ2n) is 4.84. The van der Waals surface area contributed by atoms with E-state index in [4.69, 9.17) is 0 Å². The third kappa shape index (κ3) is 4.47. The van der Waals surface area contributed by atoms with Gasteiger partial charge in [-0.05, 0) is 31.2 Å². The lowest BCUT2D eigenvalue weighted by Crippen LogP contribution is -2.37. The summed E-state index contributed by atoms with van der Waals surface area (Å²) in [5.41, 5.74) is -0.665. The van der Waals surface area contributed by atoms with Crippen molar-refractivity contribution >= 4 is 11.9 Å². The quantitative estimate of drug-likeness (QED) is 0.784. The molecule has 0 saturated heterocycles. The summed E-state index contributed by atoms with van der Waals surface area (Å²) in [5.74, 6) is -1.38. The number of amides is 1. The number of esters is 1. The summed E-state index contributed by atoms with van der Waals surface area (Å²) in [5, 5.41) is 0. The zero-order valence-electron chi connectivity index (χ0n) is 12.6. The number of halogens is 3. The molecule has 1 amide bonds. The summed E-state index contributed by atoms with van der Waals surface area (Å²) in [6.45, 7) is 3.82. The molecule has 1 aromatic rings. The minimum Gasteiger partial charge on any atom is -0.469 e. The van der Waals surface area contributed by atoms with Gasteiger partial charge in [-0.25, -0.2) is 0 Å². The molecule has 4 nitrogen and oxygen atoms in total. The van der Waals surface area contributed by atoms with Crippen LogP contribution in [0.5, 0.6) is 0 Å². The zero-order chi connectivity index (χ0) is 16.9. The zero-order valence-corrected chi connectivity index (χ0v) is 12.6. The summed E-state index contributed by atoms with van der Waals surface area (Å²) >= 11 is 0. The molecular weight excluding hydrogens is 299 g/mol. The van der Waals surface area contributed by atoms with Crippen molar-refractivity contribution in [1.29, 1.82) is 0 Å². The van der Waals surface area contributed by atoms with Crippen LogP contribution in [0.1, 0.15) is 29.8 Å². The van der Waals surface area contributed by atoms with Crippen molar-refractivity contribution in [2.75, 3.05) is 20.2 Å². The Morgan fingerprint density at radius 1 is 1.23 bits per heavy atom. The molecular formula is C15H18F3NO3. The van der Waals surface area contributed by atoms with E-state index >= 15 is 0 Å². The van der Waals surface area contributed by atoms with Crippen LogP contribution in [0.15, 0.2) is 24.3 Å². The molecule has 0 fully saturated rings. The van der Waals surface area contributed by atoms with E-state index < -0.39 is 29.5 Å². The molecule has 1 atom stereocenters. The molecule has 0 aliphatic heterocycles. The number of ether oxygens (including phenoxy) is 1.